The lowest BCUT2D eigenvalue weighted by Gasteiger charge is -2.35. The van der Waals surface area contributed by atoms with Crippen LogP contribution in [-0.4, -0.2) is 22.9 Å². The van der Waals surface area contributed by atoms with E-state index in [2.05, 4.69) is 41.3 Å². The van der Waals surface area contributed by atoms with Gasteiger partial charge < -0.3 is 5.32 Å². The molecule has 0 unspecified atom stereocenters. The average molecular weight is 241 g/mol. The molecule has 2 aliphatic rings. The highest BCUT2D eigenvalue weighted by atomic mass is 15.3. The number of benzene rings is 1. The van der Waals surface area contributed by atoms with Crippen molar-refractivity contribution in [1.29, 1.82) is 0 Å². The molecule has 3 nitrogen and oxygen atoms in total. The molecule has 0 amide bonds. The van der Waals surface area contributed by atoms with Crippen LogP contribution in [0.1, 0.15) is 43.3 Å². The van der Waals surface area contributed by atoms with E-state index in [9.17, 15) is 0 Å². The highest BCUT2D eigenvalue weighted by Gasteiger charge is 2.34. The number of aromatic nitrogens is 2. The van der Waals surface area contributed by atoms with E-state index in [1.54, 1.807) is 0 Å². The van der Waals surface area contributed by atoms with Gasteiger partial charge in [-0.25, -0.2) is 0 Å². The Labute approximate surface area is 107 Å². The molecular weight excluding hydrogens is 222 g/mol. The summed E-state index contributed by atoms with van der Waals surface area (Å²) in [5.41, 5.74) is 2.68. The third kappa shape index (κ3) is 1.50. The van der Waals surface area contributed by atoms with Gasteiger partial charge in [-0.3, -0.25) is 4.68 Å². The van der Waals surface area contributed by atoms with Crippen molar-refractivity contribution in [2.75, 3.05) is 7.05 Å². The van der Waals surface area contributed by atoms with Crippen molar-refractivity contribution >= 4 is 10.9 Å². The third-order valence-corrected chi connectivity index (χ3v) is 4.47. The highest BCUT2D eigenvalue weighted by molar-refractivity contribution is 5.83. The maximum atomic E-state index is 4.93. The van der Waals surface area contributed by atoms with E-state index in [4.69, 9.17) is 5.10 Å². The van der Waals surface area contributed by atoms with Crippen molar-refractivity contribution in [3.05, 3.63) is 30.0 Å². The first-order valence-electron chi connectivity index (χ1n) is 7.01. The lowest BCUT2D eigenvalue weighted by molar-refractivity contribution is 0.224. The van der Waals surface area contributed by atoms with Gasteiger partial charge in [-0.05, 0) is 38.8 Å². The van der Waals surface area contributed by atoms with Crippen LogP contribution in [0.3, 0.4) is 0 Å². The third-order valence-electron chi connectivity index (χ3n) is 4.47. The maximum Gasteiger partial charge on any atom is 0.0734 e. The van der Waals surface area contributed by atoms with Crippen LogP contribution in [0.15, 0.2) is 24.3 Å². The SMILES string of the molecule is CN[C@H]1C[C@H](n2nc(C3CC3)c3ccccc32)C1. The molecule has 3 heteroatoms. The summed E-state index contributed by atoms with van der Waals surface area (Å²) in [6, 6.07) is 10.0. The second-order valence-corrected chi connectivity index (χ2v) is 5.73. The Hall–Kier alpha value is -1.35. The molecule has 94 valence electrons. The minimum absolute atomic E-state index is 0.597. The van der Waals surface area contributed by atoms with Crippen LogP contribution in [0.5, 0.6) is 0 Å². The van der Waals surface area contributed by atoms with Gasteiger partial charge in [0, 0.05) is 17.3 Å². The van der Waals surface area contributed by atoms with Gasteiger partial charge in [0.05, 0.1) is 17.3 Å². The van der Waals surface area contributed by atoms with Crippen LogP contribution in [0.4, 0.5) is 0 Å². The Morgan fingerprint density at radius 3 is 2.72 bits per heavy atom. The largest absolute Gasteiger partial charge is 0.317 e. The molecule has 1 aromatic carbocycles. The number of nitrogens with zero attached hydrogens (tertiary/aromatic N) is 2. The summed E-state index contributed by atoms with van der Waals surface area (Å²) in [7, 11) is 2.05. The Morgan fingerprint density at radius 2 is 2.00 bits per heavy atom. The molecule has 1 heterocycles. The number of fused-ring (bicyclic) bond motifs is 1. The molecule has 2 fully saturated rings. The van der Waals surface area contributed by atoms with E-state index < -0.39 is 0 Å². The number of hydrogen-bond donors (Lipinski definition) is 1. The molecule has 2 aliphatic carbocycles. The normalized spacial score (nSPS) is 27.4. The summed E-state index contributed by atoms with van der Waals surface area (Å²) in [4.78, 5) is 0. The smallest absolute Gasteiger partial charge is 0.0734 e. The summed E-state index contributed by atoms with van der Waals surface area (Å²) in [6.07, 6.45) is 5.08. The van der Waals surface area contributed by atoms with Crippen LogP contribution in [0, 0.1) is 0 Å². The second kappa shape index (κ2) is 3.82. The van der Waals surface area contributed by atoms with Crippen molar-refractivity contribution in [3.63, 3.8) is 0 Å². The summed E-state index contributed by atoms with van der Waals surface area (Å²) in [6.45, 7) is 0. The van der Waals surface area contributed by atoms with E-state index in [-0.39, 0.29) is 0 Å². The van der Waals surface area contributed by atoms with Crippen LogP contribution in [0.2, 0.25) is 0 Å². The predicted molar refractivity (Wildman–Crippen MR) is 72.8 cm³/mol. The molecule has 1 aromatic heterocycles. The molecule has 18 heavy (non-hydrogen) atoms. The van der Waals surface area contributed by atoms with Crippen molar-refractivity contribution in [2.45, 2.75) is 43.7 Å². The molecule has 2 saturated carbocycles. The van der Waals surface area contributed by atoms with Gasteiger partial charge in [-0.15, -0.1) is 0 Å². The van der Waals surface area contributed by atoms with Gasteiger partial charge in [-0.2, -0.15) is 5.10 Å². The fraction of sp³-hybridized carbons (Fsp3) is 0.533. The number of para-hydroxylation sites is 1. The monoisotopic (exact) mass is 241 g/mol. The lowest BCUT2D eigenvalue weighted by atomic mass is 9.87. The zero-order valence-electron chi connectivity index (χ0n) is 10.8. The minimum Gasteiger partial charge on any atom is -0.317 e. The van der Waals surface area contributed by atoms with E-state index in [0.717, 1.165) is 5.92 Å². The van der Waals surface area contributed by atoms with Gasteiger partial charge in [0.2, 0.25) is 0 Å². The van der Waals surface area contributed by atoms with Gasteiger partial charge >= 0.3 is 0 Å². The topological polar surface area (TPSA) is 29.9 Å². The molecule has 1 N–H and O–H groups in total. The summed E-state index contributed by atoms with van der Waals surface area (Å²) in [5, 5.41) is 9.66. The maximum absolute atomic E-state index is 4.93. The Bertz CT molecular complexity index is 576. The first-order chi connectivity index (χ1) is 8.86. The van der Waals surface area contributed by atoms with E-state index in [1.165, 1.54) is 42.3 Å². The molecule has 4 rings (SSSR count). The summed E-state index contributed by atoms with van der Waals surface area (Å²) < 4.78 is 2.29. The molecule has 2 aromatic rings. The Morgan fingerprint density at radius 1 is 1.22 bits per heavy atom. The van der Waals surface area contributed by atoms with Gasteiger partial charge in [0.15, 0.2) is 0 Å². The van der Waals surface area contributed by atoms with Crippen LogP contribution < -0.4 is 5.32 Å². The standard InChI is InChI=1S/C15H19N3/c1-16-11-8-12(9-11)18-14-5-3-2-4-13(14)15(17-18)10-6-7-10/h2-5,10-12,16H,6-9H2,1H3/t11-,12-. The fourth-order valence-electron chi connectivity index (χ4n) is 3.07. The van der Waals surface area contributed by atoms with Crippen molar-refractivity contribution < 1.29 is 0 Å². The number of rotatable bonds is 3. The number of hydrogen-bond acceptors (Lipinski definition) is 2. The fourth-order valence-corrected chi connectivity index (χ4v) is 3.07. The van der Waals surface area contributed by atoms with Crippen LogP contribution >= 0.6 is 0 Å². The predicted octanol–water partition coefficient (Wildman–Crippen LogP) is 2.84. The quantitative estimate of drug-likeness (QED) is 0.895. The molecule has 0 radical (unpaired) electrons. The number of nitrogens with one attached hydrogen (secondary N) is 1. The van der Waals surface area contributed by atoms with Crippen LogP contribution in [-0.2, 0) is 0 Å². The van der Waals surface area contributed by atoms with E-state index in [1.807, 2.05) is 0 Å². The van der Waals surface area contributed by atoms with E-state index in [0.29, 0.717) is 12.1 Å². The minimum atomic E-state index is 0.597. The molecule has 0 atom stereocenters. The summed E-state index contributed by atoms with van der Waals surface area (Å²) in [5.74, 6) is 0.733. The zero-order chi connectivity index (χ0) is 12.1. The first kappa shape index (κ1) is 10.6. The van der Waals surface area contributed by atoms with Crippen molar-refractivity contribution in [1.82, 2.24) is 15.1 Å². The first-order valence-corrected chi connectivity index (χ1v) is 7.01. The van der Waals surface area contributed by atoms with E-state index >= 15 is 0 Å². The molecule has 0 saturated heterocycles. The van der Waals surface area contributed by atoms with Crippen molar-refractivity contribution in [3.8, 4) is 0 Å². The zero-order valence-corrected chi connectivity index (χ0v) is 10.8. The van der Waals surface area contributed by atoms with Gasteiger partial charge in [-0.1, -0.05) is 18.2 Å². The van der Waals surface area contributed by atoms with Gasteiger partial charge in [0.1, 0.15) is 0 Å². The molecule has 0 bridgehead atoms. The molecule has 0 spiro atoms. The Kier molecular flexibility index (Phi) is 2.24. The highest BCUT2D eigenvalue weighted by Crippen LogP contribution is 2.44. The van der Waals surface area contributed by atoms with Gasteiger partial charge in [0.25, 0.3) is 0 Å². The average Bonchev–Trinajstić information content (AvgIpc) is 3.12. The molecule has 0 aliphatic heterocycles. The lowest BCUT2D eigenvalue weighted by Crippen LogP contribution is -2.40. The molecular formula is C15H19N3. The van der Waals surface area contributed by atoms with Crippen molar-refractivity contribution in [2.24, 2.45) is 0 Å². The van der Waals surface area contributed by atoms with Crippen LogP contribution in [0.25, 0.3) is 10.9 Å². The second-order valence-electron chi connectivity index (χ2n) is 5.73. The summed E-state index contributed by atoms with van der Waals surface area (Å²) >= 11 is 0. The Balaban J connectivity index is 1.76.